The fourth-order valence-corrected chi connectivity index (χ4v) is 2.20. The Morgan fingerprint density at radius 3 is 2.79 bits per heavy atom. The van der Waals surface area contributed by atoms with Gasteiger partial charge in [0, 0.05) is 18.0 Å². The minimum Gasteiger partial charge on any atom is -0.323 e. The van der Waals surface area contributed by atoms with Gasteiger partial charge in [-0.25, -0.2) is 8.78 Å². The van der Waals surface area contributed by atoms with Crippen molar-refractivity contribution < 1.29 is 13.6 Å². The van der Waals surface area contributed by atoms with E-state index in [2.05, 4.69) is 10.6 Å². The Morgan fingerprint density at radius 2 is 2.16 bits per heavy atom. The van der Waals surface area contributed by atoms with Crippen LogP contribution in [0, 0.1) is 17.6 Å². The number of carbonyl (C=O) groups excluding carboxylic acids is 1. The summed E-state index contributed by atoms with van der Waals surface area (Å²) in [5.74, 6) is -1.72. The van der Waals surface area contributed by atoms with Gasteiger partial charge in [0.2, 0.25) is 5.91 Å². The molecule has 1 aromatic carbocycles. The van der Waals surface area contributed by atoms with E-state index in [-0.39, 0.29) is 36.0 Å². The van der Waals surface area contributed by atoms with E-state index in [0.29, 0.717) is 0 Å². The molecule has 2 atom stereocenters. The Balaban J connectivity index is 0.00000180. The molecule has 19 heavy (non-hydrogen) atoms. The molecule has 2 N–H and O–H groups in total. The first kappa shape index (κ1) is 15.9. The van der Waals surface area contributed by atoms with Gasteiger partial charge in [0.1, 0.15) is 11.6 Å². The van der Waals surface area contributed by atoms with Gasteiger partial charge in [-0.3, -0.25) is 4.79 Å². The Bertz CT molecular complexity index is 456. The molecule has 0 radical (unpaired) electrons. The summed E-state index contributed by atoms with van der Waals surface area (Å²) >= 11 is 0. The summed E-state index contributed by atoms with van der Waals surface area (Å²) in [4.78, 5) is 12.0. The summed E-state index contributed by atoms with van der Waals surface area (Å²) in [6, 6.07) is 3.42. The molecule has 106 valence electrons. The van der Waals surface area contributed by atoms with E-state index in [4.69, 9.17) is 0 Å². The molecular weight excluding hydrogens is 274 g/mol. The van der Waals surface area contributed by atoms with Gasteiger partial charge in [0.05, 0.1) is 5.69 Å². The summed E-state index contributed by atoms with van der Waals surface area (Å²) in [6.45, 7) is 2.79. The van der Waals surface area contributed by atoms with E-state index in [1.54, 1.807) is 0 Å². The summed E-state index contributed by atoms with van der Waals surface area (Å²) in [5, 5.41) is 5.77. The number of rotatable bonds is 2. The molecule has 0 aliphatic carbocycles. The Labute approximate surface area is 117 Å². The van der Waals surface area contributed by atoms with Crippen LogP contribution in [0.4, 0.5) is 14.5 Å². The Morgan fingerprint density at radius 1 is 1.42 bits per heavy atom. The summed E-state index contributed by atoms with van der Waals surface area (Å²) in [7, 11) is 0. The third-order valence-electron chi connectivity index (χ3n) is 3.18. The molecule has 1 fully saturated rings. The van der Waals surface area contributed by atoms with Crippen LogP contribution in [0.25, 0.3) is 0 Å². The molecule has 0 bridgehead atoms. The average Bonchev–Trinajstić information content (AvgIpc) is 2.32. The van der Waals surface area contributed by atoms with Gasteiger partial charge < -0.3 is 10.6 Å². The first-order valence-electron chi connectivity index (χ1n) is 6.05. The van der Waals surface area contributed by atoms with E-state index >= 15 is 0 Å². The van der Waals surface area contributed by atoms with Crippen LogP contribution >= 0.6 is 12.4 Å². The maximum atomic E-state index is 13.4. The molecule has 1 aliphatic heterocycles. The number of hydrogen-bond donors (Lipinski definition) is 2. The van der Waals surface area contributed by atoms with Gasteiger partial charge in [0.25, 0.3) is 0 Å². The minimum atomic E-state index is -0.745. The van der Waals surface area contributed by atoms with Gasteiger partial charge in [-0.15, -0.1) is 12.4 Å². The molecule has 1 heterocycles. The van der Waals surface area contributed by atoms with Crippen molar-refractivity contribution in [2.45, 2.75) is 25.8 Å². The number of halogens is 3. The monoisotopic (exact) mass is 290 g/mol. The van der Waals surface area contributed by atoms with Gasteiger partial charge in [-0.2, -0.15) is 0 Å². The molecule has 1 aliphatic rings. The van der Waals surface area contributed by atoms with E-state index < -0.39 is 11.6 Å². The summed E-state index contributed by atoms with van der Waals surface area (Å²) in [5.41, 5.74) is 0.0348. The maximum Gasteiger partial charge on any atom is 0.227 e. The first-order chi connectivity index (χ1) is 8.56. The van der Waals surface area contributed by atoms with Crippen LogP contribution < -0.4 is 10.6 Å². The number of hydrogen-bond acceptors (Lipinski definition) is 2. The highest BCUT2D eigenvalue weighted by atomic mass is 35.5. The lowest BCUT2D eigenvalue weighted by Crippen LogP contribution is -2.40. The van der Waals surface area contributed by atoms with Crippen molar-refractivity contribution >= 4 is 24.0 Å². The van der Waals surface area contributed by atoms with Crippen LogP contribution in [-0.4, -0.2) is 18.5 Å². The molecule has 0 unspecified atom stereocenters. The SMILES string of the molecule is C[C@H]1C[C@@H](C(=O)Nc2ccc(F)cc2F)CCN1.Cl. The predicted molar refractivity (Wildman–Crippen MR) is 72.4 cm³/mol. The number of anilines is 1. The van der Waals surface area contributed by atoms with Crippen molar-refractivity contribution in [2.24, 2.45) is 5.92 Å². The zero-order valence-electron chi connectivity index (χ0n) is 10.6. The molecule has 1 saturated heterocycles. The lowest BCUT2D eigenvalue weighted by molar-refractivity contribution is -0.120. The second kappa shape index (κ2) is 6.82. The standard InChI is InChI=1S/C13H16F2N2O.ClH/c1-8-6-9(4-5-16-8)13(18)17-12-3-2-10(14)7-11(12)15;/h2-3,7-9,16H,4-6H2,1H3,(H,17,18);1H/t8-,9-;/m0./s1. The molecule has 0 aromatic heterocycles. The summed E-state index contributed by atoms with van der Waals surface area (Å²) < 4.78 is 26.1. The molecule has 1 amide bonds. The molecule has 0 saturated carbocycles. The third-order valence-corrected chi connectivity index (χ3v) is 3.18. The van der Waals surface area contributed by atoms with Crippen molar-refractivity contribution in [1.29, 1.82) is 0 Å². The highest BCUT2D eigenvalue weighted by molar-refractivity contribution is 5.92. The number of nitrogens with one attached hydrogen (secondary N) is 2. The predicted octanol–water partition coefficient (Wildman–Crippen LogP) is 2.71. The Hall–Kier alpha value is -1.20. The normalized spacial score (nSPS) is 22.5. The van der Waals surface area contributed by atoms with Crippen molar-refractivity contribution in [3.05, 3.63) is 29.8 Å². The van der Waals surface area contributed by atoms with Gasteiger partial charge in [-0.05, 0) is 38.4 Å². The van der Waals surface area contributed by atoms with Crippen LogP contribution in [0.1, 0.15) is 19.8 Å². The molecular formula is C13H17ClF2N2O. The zero-order chi connectivity index (χ0) is 13.1. The minimum absolute atomic E-state index is 0. The second-order valence-corrected chi connectivity index (χ2v) is 4.69. The third kappa shape index (κ3) is 4.14. The number of amides is 1. The van der Waals surface area contributed by atoms with Crippen molar-refractivity contribution in [1.82, 2.24) is 5.32 Å². The van der Waals surface area contributed by atoms with E-state index in [9.17, 15) is 13.6 Å². The van der Waals surface area contributed by atoms with Crippen LogP contribution in [0.15, 0.2) is 18.2 Å². The zero-order valence-corrected chi connectivity index (χ0v) is 11.4. The fraction of sp³-hybridized carbons (Fsp3) is 0.462. The van der Waals surface area contributed by atoms with Gasteiger partial charge >= 0.3 is 0 Å². The fourth-order valence-electron chi connectivity index (χ4n) is 2.20. The second-order valence-electron chi connectivity index (χ2n) is 4.69. The quantitative estimate of drug-likeness (QED) is 0.879. The molecule has 2 rings (SSSR count). The largest absolute Gasteiger partial charge is 0.323 e. The van der Waals surface area contributed by atoms with Gasteiger partial charge in [0.15, 0.2) is 0 Å². The summed E-state index contributed by atoms with van der Waals surface area (Å²) in [6.07, 6.45) is 1.47. The highest BCUT2D eigenvalue weighted by Gasteiger charge is 2.25. The van der Waals surface area contributed by atoms with Crippen LogP contribution in [0.5, 0.6) is 0 Å². The molecule has 0 spiro atoms. The van der Waals surface area contributed by atoms with E-state index in [0.717, 1.165) is 31.5 Å². The Kier molecular flexibility index (Phi) is 5.69. The average molecular weight is 291 g/mol. The van der Waals surface area contributed by atoms with E-state index in [1.165, 1.54) is 6.07 Å². The van der Waals surface area contributed by atoms with Crippen molar-refractivity contribution in [2.75, 3.05) is 11.9 Å². The van der Waals surface area contributed by atoms with Crippen molar-refractivity contribution in [3.63, 3.8) is 0 Å². The highest BCUT2D eigenvalue weighted by Crippen LogP contribution is 2.20. The van der Waals surface area contributed by atoms with Crippen LogP contribution in [-0.2, 0) is 4.79 Å². The molecule has 6 heteroatoms. The van der Waals surface area contributed by atoms with Gasteiger partial charge in [-0.1, -0.05) is 0 Å². The lowest BCUT2D eigenvalue weighted by Gasteiger charge is -2.27. The molecule has 1 aromatic rings. The van der Waals surface area contributed by atoms with E-state index in [1.807, 2.05) is 6.92 Å². The number of piperidine rings is 1. The lowest BCUT2D eigenvalue weighted by atomic mass is 9.92. The molecule has 3 nitrogen and oxygen atoms in total. The number of carbonyl (C=O) groups is 1. The van der Waals surface area contributed by atoms with Crippen LogP contribution in [0.3, 0.4) is 0 Å². The topological polar surface area (TPSA) is 41.1 Å². The maximum absolute atomic E-state index is 13.4. The number of benzene rings is 1. The van der Waals surface area contributed by atoms with Crippen molar-refractivity contribution in [3.8, 4) is 0 Å². The van der Waals surface area contributed by atoms with Crippen LogP contribution in [0.2, 0.25) is 0 Å². The first-order valence-corrected chi connectivity index (χ1v) is 6.05. The smallest absolute Gasteiger partial charge is 0.227 e.